The second kappa shape index (κ2) is 13.3. The molecule has 4 aliphatic rings. The summed E-state index contributed by atoms with van der Waals surface area (Å²) in [5.74, 6) is -3.21. The summed E-state index contributed by atoms with van der Waals surface area (Å²) < 4.78 is 27.5. The minimum absolute atomic E-state index is 0.0207. The molecule has 3 amide bonds. The number of benzene rings is 1. The van der Waals surface area contributed by atoms with Gasteiger partial charge in [-0.3, -0.25) is 14.4 Å². The van der Waals surface area contributed by atoms with Gasteiger partial charge < -0.3 is 25.5 Å². The Morgan fingerprint density at radius 2 is 1.78 bits per heavy atom. The summed E-state index contributed by atoms with van der Waals surface area (Å²) in [7, 11) is 0. The predicted octanol–water partition coefficient (Wildman–Crippen LogP) is 5.16. The number of β-amino-alcohol motifs (C(OH)–C–C–N with tert-alkyl or cyclic N) is 1. The van der Waals surface area contributed by atoms with Gasteiger partial charge in [0, 0.05) is 44.3 Å². The first-order valence-electron chi connectivity index (χ1n) is 17.6. The summed E-state index contributed by atoms with van der Waals surface area (Å²) in [6.07, 6.45) is 3.40. The zero-order chi connectivity index (χ0) is 35.4. The van der Waals surface area contributed by atoms with Gasteiger partial charge in [0.25, 0.3) is 5.92 Å². The number of likely N-dealkylation sites (tertiary alicyclic amines) is 2. The molecule has 2 aliphatic heterocycles. The highest BCUT2D eigenvalue weighted by Gasteiger charge is 2.68. The number of aromatic nitrogens is 1. The van der Waals surface area contributed by atoms with E-state index in [-0.39, 0.29) is 55.0 Å². The Morgan fingerprint density at radius 3 is 2.35 bits per heavy atom. The van der Waals surface area contributed by atoms with E-state index in [1.54, 1.807) is 18.3 Å². The molecule has 4 atom stereocenters. The van der Waals surface area contributed by atoms with Gasteiger partial charge in [-0.15, -0.1) is 11.3 Å². The van der Waals surface area contributed by atoms with Crippen LogP contribution in [0.15, 0.2) is 29.8 Å². The van der Waals surface area contributed by atoms with E-state index in [1.807, 2.05) is 57.5 Å². The van der Waals surface area contributed by atoms with Gasteiger partial charge in [-0.2, -0.15) is 0 Å². The third kappa shape index (κ3) is 7.71. The normalized spacial score (nSPS) is 27.1. The van der Waals surface area contributed by atoms with Crippen molar-refractivity contribution in [1.29, 1.82) is 0 Å². The molecule has 268 valence electrons. The number of carbonyl (C=O) groups excluding carboxylic acids is 3. The Balaban J connectivity index is 0.995. The first-order valence-corrected chi connectivity index (χ1v) is 18.5. The molecular weight excluding hydrogens is 649 g/mol. The van der Waals surface area contributed by atoms with E-state index < -0.39 is 34.9 Å². The Morgan fingerprint density at radius 1 is 1.12 bits per heavy atom. The van der Waals surface area contributed by atoms with Gasteiger partial charge in [-0.1, -0.05) is 52.0 Å². The van der Waals surface area contributed by atoms with Gasteiger partial charge in [0.1, 0.15) is 12.1 Å². The largest absolute Gasteiger partial charge is 0.391 e. The molecule has 2 aliphatic carbocycles. The lowest BCUT2D eigenvalue weighted by Crippen LogP contribution is -2.58. The first-order chi connectivity index (χ1) is 23.0. The predicted molar refractivity (Wildman–Crippen MR) is 185 cm³/mol. The summed E-state index contributed by atoms with van der Waals surface area (Å²) in [6, 6.07) is 6.22. The molecule has 0 radical (unpaired) electrons. The number of hydrogen-bond acceptors (Lipinski definition) is 7. The van der Waals surface area contributed by atoms with Crippen molar-refractivity contribution in [3.63, 3.8) is 0 Å². The second-order valence-corrected chi connectivity index (χ2v) is 17.5. The number of nitrogens with zero attached hydrogens (tertiary/aromatic N) is 3. The third-order valence-corrected chi connectivity index (χ3v) is 12.5. The van der Waals surface area contributed by atoms with Gasteiger partial charge >= 0.3 is 0 Å². The molecular formula is C37H51F2N5O4S. The van der Waals surface area contributed by atoms with E-state index >= 15 is 0 Å². The fourth-order valence-corrected chi connectivity index (χ4v) is 9.09. The Labute approximate surface area is 292 Å². The van der Waals surface area contributed by atoms with Crippen molar-refractivity contribution in [3.05, 3.63) is 41.0 Å². The average molecular weight is 700 g/mol. The molecule has 9 nitrogen and oxygen atoms in total. The van der Waals surface area contributed by atoms with E-state index in [0.717, 1.165) is 60.5 Å². The maximum absolute atomic E-state index is 14.0. The standard InChI is InChI=1S/C37H51F2N5O4S/c1-23-30(49-22-41-23)26-8-6-24(7-9-26)18-40-32(47)28-15-27(45)19-44(28)33(48)31(34(2,3)4)42-29(46)14-25-16-36(17-25)10-12-43(13-11-36)21-35(5)20-37(35,38)39/h6-9,22,25,27-28,31,45H,10-21H2,1-5H3,(H,40,47)(H,42,46)/t27-,28+,31-,35-/m1/s1. The minimum atomic E-state index is -2.54. The number of aliphatic hydroxyl groups excluding tert-OH is 1. The highest BCUT2D eigenvalue weighted by molar-refractivity contribution is 7.13. The van der Waals surface area contributed by atoms with Crippen LogP contribution in [0.25, 0.3) is 10.4 Å². The molecule has 4 fully saturated rings. The van der Waals surface area contributed by atoms with Crippen molar-refractivity contribution < 1.29 is 28.3 Å². The van der Waals surface area contributed by atoms with Gasteiger partial charge in [0.15, 0.2) is 0 Å². The van der Waals surface area contributed by atoms with Crippen LogP contribution in [0, 0.1) is 29.1 Å². The van der Waals surface area contributed by atoms with Crippen LogP contribution in [-0.4, -0.2) is 87.9 Å². The van der Waals surface area contributed by atoms with E-state index in [2.05, 4.69) is 20.5 Å². The molecule has 2 saturated carbocycles. The SMILES string of the molecule is Cc1ncsc1-c1ccc(CNC(=O)[C@@H]2C[C@@H](O)CN2C(=O)[C@@H](NC(=O)CC2CC3(CCN(C[C@@]4(C)CC4(F)F)CC3)C2)C(C)(C)C)cc1. The zero-order valence-electron chi connectivity index (χ0n) is 29.4. The number of aryl methyl sites for hydroxylation is 1. The van der Waals surface area contributed by atoms with Crippen LogP contribution in [0.3, 0.4) is 0 Å². The van der Waals surface area contributed by atoms with Crippen molar-refractivity contribution in [2.24, 2.45) is 22.2 Å². The number of aliphatic hydroxyl groups is 1. The number of thiazole rings is 1. The van der Waals surface area contributed by atoms with Gasteiger partial charge in [-0.25, -0.2) is 13.8 Å². The molecule has 1 aromatic carbocycles. The monoisotopic (exact) mass is 699 g/mol. The third-order valence-electron chi connectivity index (χ3n) is 11.5. The fraction of sp³-hybridized carbons (Fsp3) is 0.676. The molecule has 1 spiro atoms. The van der Waals surface area contributed by atoms with E-state index in [1.165, 1.54) is 4.90 Å². The van der Waals surface area contributed by atoms with Crippen LogP contribution in [0.2, 0.25) is 0 Å². The van der Waals surface area contributed by atoms with Crippen molar-refractivity contribution in [1.82, 2.24) is 25.4 Å². The second-order valence-electron chi connectivity index (χ2n) is 16.6. The molecule has 6 rings (SSSR count). The van der Waals surface area contributed by atoms with E-state index in [4.69, 9.17) is 0 Å². The number of carbonyl (C=O) groups is 3. The van der Waals surface area contributed by atoms with E-state index in [0.29, 0.717) is 13.0 Å². The molecule has 1 aromatic heterocycles. The summed E-state index contributed by atoms with van der Waals surface area (Å²) in [5.41, 5.74) is 3.44. The summed E-state index contributed by atoms with van der Waals surface area (Å²) >= 11 is 1.58. The lowest BCUT2D eigenvalue weighted by Gasteiger charge is -2.52. The molecule has 2 aromatic rings. The van der Waals surface area contributed by atoms with Crippen molar-refractivity contribution >= 4 is 29.1 Å². The smallest absolute Gasteiger partial charge is 0.255 e. The first kappa shape index (κ1) is 35.9. The highest BCUT2D eigenvalue weighted by Crippen LogP contribution is 2.61. The van der Waals surface area contributed by atoms with Crippen molar-refractivity contribution in [2.75, 3.05) is 26.2 Å². The van der Waals surface area contributed by atoms with Gasteiger partial charge in [0.2, 0.25) is 17.7 Å². The number of nitrogens with one attached hydrogen (secondary N) is 2. The van der Waals surface area contributed by atoms with Crippen LogP contribution >= 0.6 is 11.3 Å². The number of piperidine rings is 1. The van der Waals surface area contributed by atoms with Crippen LogP contribution in [-0.2, 0) is 20.9 Å². The Hall–Kier alpha value is -2.96. The number of halogens is 2. The molecule has 3 N–H and O–H groups in total. The average Bonchev–Trinajstić information content (AvgIpc) is 3.35. The molecule has 2 saturated heterocycles. The highest BCUT2D eigenvalue weighted by atomic mass is 32.1. The van der Waals surface area contributed by atoms with Crippen LogP contribution in [0.4, 0.5) is 8.78 Å². The van der Waals surface area contributed by atoms with Crippen molar-refractivity contribution in [2.45, 2.75) is 110 Å². The van der Waals surface area contributed by atoms with Crippen LogP contribution < -0.4 is 10.6 Å². The minimum Gasteiger partial charge on any atom is -0.391 e. The number of alkyl halides is 2. The quantitative estimate of drug-likeness (QED) is 0.316. The summed E-state index contributed by atoms with van der Waals surface area (Å²) in [5, 5.41) is 16.5. The molecule has 49 heavy (non-hydrogen) atoms. The summed E-state index contributed by atoms with van der Waals surface area (Å²) in [6.45, 7) is 11.7. The van der Waals surface area contributed by atoms with Gasteiger partial charge in [-0.05, 0) is 73.6 Å². The topological polar surface area (TPSA) is 115 Å². The lowest BCUT2D eigenvalue weighted by atomic mass is 9.56. The fourth-order valence-electron chi connectivity index (χ4n) is 8.28. The maximum atomic E-state index is 14.0. The van der Waals surface area contributed by atoms with Crippen LogP contribution in [0.1, 0.15) is 83.9 Å². The van der Waals surface area contributed by atoms with Crippen molar-refractivity contribution in [3.8, 4) is 10.4 Å². The Kier molecular flexibility index (Phi) is 9.73. The summed E-state index contributed by atoms with van der Waals surface area (Å²) in [4.78, 5) is 49.7. The number of hydrogen-bond donors (Lipinski definition) is 3. The molecule has 0 bridgehead atoms. The maximum Gasteiger partial charge on any atom is 0.255 e. The molecule has 12 heteroatoms. The molecule has 3 heterocycles. The van der Waals surface area contributed by atoms with E-state index in [9.17, 15) is 28.3 Å². The van der Waals surface area contributed by atoms with Gasteiger partial charge in [0.05, 0.1) is 22.2 Å². The Bertz CT molecular complexity index is 1540. The van der Waals surface area contributed by atoms with Crippen LogP contribution in [0.5, 0.6) is 0 Å². The lowest BCUT2D eigenvalue weighted by molar-refractivity contribution is -0.144. The number of amides is 3. The number of rotatable bonds is 10. The zero-order valence-corrected chi connectivity index (χ0v) is 30.2. The molecule has 0 unspecified atom stereocenters.